The quantitative estimate of drug-likeness (QED) is 0.381. The lowest BCUT2D eigenvalue weighted by Crippen LogP contribution is -2.15. The minimum absolute atomic E-state index is 0.0320. The highest BCUT2D eigenvalue weighted by molar-refractivity contribution is 6.04. The highest BCUT2D eigenvalue weighted by atomic mass is 19.4. The van der Waals surface area contributed by atoms with Crippen molar-refractivity contribution in [2.24, 2.45) is 0 Å². The van der Waals surface area contributed by atoms with E-state index in [1.165, 1.54) is 40.2 Å². The molecule has 13 heteroatoms. The summed E-state index contributed by atoms with van der Waals surface area (Å²) >= 11 is 0. The summed E-state index contributed by atoms with van der Waals surface area (Å²) in [6, 6.07) is 4.83. The molecule has 4 heterocycles. The van der Waals surface area contributed by atoms with E-state index < -0.39 is 17.6 Å². The van der Waals surface area contributed by atoms with Gasteiger partial charge in [0.05, 0.1) is 40.7 Å². The minimum Gasteiger partial charge on any atom is -0.322 e. The molecule has 37 heavy (non-hydrogen) atoms. The van der Waals surface area contributed by atoms with Crippen molar-refractivity contribution in [3.8, 4) is 22.6 Å². The van der Waals surface area contributed by atoms with Crippen LogP contribution in [0.5, 0.6) is 0 Å². The molecular formula is C24H18F3N9O. The number of nitrogens with one attached hydrogen (secondary N) is 1. The number of imidazole rings is 1. The van der Waals surface area contributed by atoms with E-state index in [1.54, 1.807) is 38.6 Å². The monoisotopic (exact) mass is 505 g/mol. The van der Waals surface area contributed by atoms with Gasteiger partial charge in [-0.15, -0.1) is 5.10 Å². The average molecular weight is 505 g/mol. The molecule has 0 radical (unpaired) electrons. The predicted octanol–water partition coefficient (Wildman–Crippen LogP) is 4.19. The van der Waals surface area contributed by atoms with Gasteiger partial charge in [-0.05, 0) is 38.1 Å². The van der Waals surface area contributed by atoms with Crippen molar-refractivity contribution < 1.29 is 18.0 Å². The molecule has 0 saturated carbocycles. The van der Waals surface area contributed by atoms with Crippen LogP contribution < -0.4 is 5.32 Å². The van der Waals surface area contributed by atoms with Crippen molar-refractivity contribution >= 4 is 11.6 Å². The number of aryl methyl sites for hydroxylation is 2. The zero-order chi connectivity index (χ0) is 26.2. The number of amides is 1. The molecule has 0 aliphatic rings. The maximum absolute atomic E-state index is 13.6. The third kappa shape index (κ3) is 5.05. The number of rotatable bonds is 5. The van der Waals surface area contributed by atoms with E-state index >= 15 is 0 Å². The number of anilines is 1. The van der Waals surface area contributed by atoms with Crippen LogP contribution in [0.2, 0.25) is 0 Å². The second-order valence-corrected chi connectivity index (χ2v) is 8.15. The normalized spacial score (nSPS) is 11.5. The molecule has 1 N–H and O–H groups in total. The molecule has 0 aliphatic carbocycles. The molecule has 0 unspecified atom stereocenters. The third-order valence-corrected chi connectivity index (χ3v) is 5.43. The number of benzene rings is 1. The van der Waals surface area contributed by atoms with Crippen LogP contribution in [0, 0.1) is 13.8 Å². The Labute approximate surface area is 207 Å². The average Bonchev–Trinajstić information content (AvgIpc) is 3.54. The number of halogens is 3. The number of carbonyl (C=O) groups is 1. The van der Waals surface area contributed by atoms with Crippen LogP contribution in [0.3, 0.4) is 0 Å². The maximum atomic E-state index is 13.6. The van der Waals surface area contributed by atoms with Crippen molar-refractivity contribution in [3.63, 3.8) is 0 Å². The first-order valence-corrected chi connectivity index (χ1v) is 10.9. The van der Waals surface area contributed by atoms with Crippen LogP contribution in [-0.4, -0.2) is 45.4 Å². The molecule has 0 saturated heterocycles. The molecular weight excluding hydrogens is 487 g/mol. The summed E-state index contributed by atoms with van der Waals surface area (Å²) in [5.74, 6) is -0.641. The number of hydrogen-bond donors (Lipinski definition) is 1. The number of hydrogen-bond acceptors (Lipinski definition) is 7. The van der Waals surface area contributed by atoms with Gasteiger partial charge >= 0.3 is 6.18 Å². The third-order valence-electron chi connectivity index (χ3n) is 5.43. The Morgan fingerprint density at radius 3 is 2.46 bits per heavy atom. The lowest BCUT2D eigenvalue weighted by atomic mass is 10.1. The van der Waals surface area contributed by atoms with Gasteiger partial charge in [-0.1, -0.05) is 5.21 Å². The van der Waals surface area contributed by atoms with Crippen molar-refractivity contribution in [2.45, 2.75) is 20.0 Å². The fourth-order valence-electron chi connectivity index (χ4n) is 3.58. The SMILES string of the molecule is Cc1cn(-c2cc(NC(=O)c3cnc(C)c(-n4cc(-c5cncnc5)nn4)c3)cc(C(F)(F)F)c2)cn1. The van der Waals surface area contributed by atoms with Gasteiger partial charge in [-0.3, -0.25) is 9.78 Å². The van der Waals surface area contributed by atoms with Gasteiger partial charge < -0.3 is 9.88 Å². The summed E-state index contributed by atoms with van der Waals surface area (Å²) in [5, 5.41) is 10.8. The zero-order valence-electron chi connectivity index (χ0n) is 19.5. The van der Waals surface area contributed by atoms with E-state index in [1.807, 2.05) is 0 Å². The van der Waals surface area contributed by atoms with Crippen molar-refractivity contribution in [2.75, 3.05) is 5.32 Å². The summed E-state index contributed by atoms with van der Waals surface area (Å²) in [6.07, 6.45) is 5.93. The Bertz CT molecular complexity index is 1590. The first-order chi connectivity index (χ1) is 17.7. The summed E-state index contributed by atoms with van der Waals surface area (Å²) < 4.78 is 43.6. The Balaban J connectivity index is 1.45. The van der Waals surface area contributed by atoms with Gasteiger partial charge in [0.15, 0.2) is 0 Å². The van der Waals surface area contributed by atoms with Gasteiger partial charge in [0.1, 0.15) is 12.0 Å². The maximum Gasteiger partial charge on any atom is 0.416 e. The second-order valence-electron chi connectivity index (χ2n) is 8.15. The van der Waals surface area contributed by atoms with Crippen LogP contribution in [0.25, 0.3) is 22.6 Å². The van der Waals surface area contributed by atoms with Crippen LogP contribution in [-0.2, 0) is 6.18 Å². The molecule has 1 amide bonds. The van der Waals surface area contributed by atoms with E-state index in [9.17, 15) is 18.0 Å². The second kappa shape index (κ2) is 9.26. The standard InChI is InChI=1S/C24H18F3N9O/c1-14-10-35(13-31-14)20-5-18(24(25,26)27)4-19(6-20)32-23(37)16-3-22(15(2)30-9-16)36-11-21(33-34-36)17-7-28-12-29-8-17/h3-13H,1-2H3,(H,32,37). The zero-order valence-corrected chi connectivity index (χ0v) is 19.5. The van der Waals surface area contributed by atoms with Crippen molar-refractivity contribution in [1.82, 2.24) is 39.5 Å². The van der Waals surface area contributed by atoms with Crippen molar-refractivity contribution in [1.29, 1.82) is 0 Å². The van der Waals surface area contributed by atoms with Gasteiger partial charge in [-0.2, -0.15) is 13.2 Å². The molecule has 0 fully saturated rings. The Kier molecular flexibility index (Phi) is 5.95. The number of nitrogens with zero attached hydrogens (tertiary/aromatic N) is 8. The summed E-state index contributed by atoms with van der Waals surface area (Å²) in [7, 11) is 0. The summed E-state index contributed by atoms with van der Waals surface area (Å²) in [4.78, 5) is 29.3. The topological polar surface area (TPSA) is 116 Å². The molecule has 5 aromatic rings. The van der Waals surface area contributed by atoms with E-state index in [0.29, 0.717) is 28.3 Å². The van der Waals surface area contributed by atoms with Gasteiger partial charge in [0.2, 0.25) is 0 Å². The molecule has 5 rings (SSSR count). The van der Waals surface area contributed by atoms with Crippen molar-refractivity contribution in [3.05, 3.63) is 90.4 Å². The van der Waals surface area contributed by atoms with Gasteiger partial charge in [0, 0.05) is 41.7 Å². The fourth-order valence-corrected chi connectivity index (χ4v) is 3.58. The first kappa shape index (κ1) is 23.8. The highest BCUT2D eigenvalue weighted by Gasteiger charge is 2.31. The van der Waals surface area contributed by atoms with Crippen LogP contribution >= 0.6 is 0 Å². The Morgan fingerprint density at radius 2 is 1.76 bits per heavy atom. The molecule has 186 valence electrons. The molecule has 4 aromatic heterocycles. The predicted molar refractivity (Wildman–Crippen MR) is 126 cm³/mol. The van der Waals surface area contributed by atoms with Gasteiger partial charge in [0.25, 0.3) is 5.91 Å². The molecule has 0 bridgehead atoms. The smallest absolute Gasteiger partial charge is 0.322 e. The van der Waals surface area contributed by atoms with E-state index in [4.69, 9.17) is 0 Å². The van der Waals surface area contributed by atoms with Crippen LogP contribution in [0.4, 0.5) is 18.9 Å². The molecule has 1 aromatic carbocycles. The molecule has 0 aliphatic heterocycles. The van der Waals surface area contributed by atoms with Gasteiger partial charge in [-0.25, -0.2) is 19.6 Å². The Morgan fingerprint density at radius 1 is 0.973 bits per heavy atom. The first-order valence-electron chi connectivity index (χ1n) is 10.9. The minimum atomic E-state index is -4.61. The largest absolute Gasteiger partial charge is 0.416 e. The Hall–Kier alpha value is -4.94. The molecule has 10 nitrogen and oxygen atoms in total. The molecule has 0 spiro atoms. The van der Waals surface area contributed by atoms with E-state index in [2.05, 4.69) is 35.6 Å². The highest BCUT2D eigenvalue weighted by Crippen LogP contribution is 2.33. The number of alkyl halides is 3. The number of carbonyl (C=O) groups excluding carboxylic acids is 1. The molecule has 0 atom stereocenters. The number of pyridine rings is 1. The van der Waals surface area contributed by atoms with E-state index in [0.717, 1.165) is 12.1 Å². The summed E-state index contributed by atoms with van der Waals surface area (Å²) in [6.45, 7) is 3.46. The summed E-state index contributed by atoms with van der Waals surface area (Å²) in [5.41, 5.74) is 2.23. The fraction of sp³-hybridized carbons (Fsp3) is 0.125. The number of aromatic nitrogens is 8. The lowest BCUT2D eigenvalue weighted by molar-refractivity contribution is -0.137. The van der Waals surface area contributed by atoms with Crippen LogP contribution in [0.15, 0.2) is 67.9 Å². The van der Waals surface area contributed by atoms with Crippen LogP contribution in [0.1, 0.15) is 27.3 Å². The van der Waals surface area contributed by atoms with E-state index in [-0.39, 0.29) is 16.9 Å². The lowest BCUT2D eigenvalue weighted by Gasteiger charge is -2.14.